The number of nitrogens with one attached hydrogen (secondary N) is 1. The topological polar surface area (TPSA) is 12.0 Å². The maximum Gasteiger partial charge on any atom is -0.00519 e. The third kappa shape index (κ3) is 16.0. The minimum Gasteiger partial charge on any atom is -0.320 e. The lowest BCUT2D eigenvalue weighted by Crippen LogP contribution is -2.06. The van der Waals surface area contributed by atoms with Gasteiger partial charge in [0.15, 0.2) is 0 Å². The van der Waals surface area contributed by atoms with Crippen molar-refractivity contribution in [3.63, 3.8) is 0 Å². The zero-order valence-electron chi connectivity index (χ0n) is 13.1. The Kier molecular flexibility index (Phi) is 16.9. The molecule has 0 aromatic heterocycles. The van der Waals surface area contributed by atoms with Gasteiger partial charge in [0.1, 0.15) is 0 Å². The van der Waals surface area contributed by atoms with E-state index in [1.165, 1.54) is 96.4 Å². The monoisotopic (exact) mass is 255 g/mol. The highest BCUT2D eigenvalue weighted by molar-refractivity contribution is 4.49. The molecule has 0 amide bonds. The second-order valence-electron chi connectivity index (χ2n) is 5.70. The summed E-state index contributed by atoms with van der Waals surface area (Å²) in [5, 5.41) is 3.21. The Hall–Kier alpha value is -0.0400. The van der Waals surface area contributed by atoms with Crippen LogP contribution in [0.25, 0.3) is 0 Å². The molecule has 0 atom stereocenters. The van der Waals surface area contributed by atoms with Gasteiger partial charge in [-0.3, -0.25) is 0 Å². The standard InChI is InChI=1S/C17H37N/c1-3-4-5-6-7-8-9-10-11-12-13-14-15-16-17-18-2/h18H,3-17H2,1-2H3. The summed E-state index contributed by atoms with van der Waals surface area (Å²) in [6, 6.07) is 0. The molecule has 1 nitrogen and oxygen atoms in total. The molecule has 0 radical (unpaired) electrons. The molecule has 1 N–H and O–H groups in total. The van der Waals surface area contributed by atoms with Gasteiger partial charge in [-0.15, -0.1) is 0 Å². The highest BCUT2D eigenvalue weighted by Gasteiger charge is 1.93. The van der Waals surface area contributed by atoms with Gasteiger partial charge in [-0.1, -0.05) is 90.4 Å². The lowest BCUT2D eigenvalue weighted by molar-refractivity contribution is 0.533. The van der Waals surface area contributed by atoms with E-state index in [0.29, 0.717) is 0 Å². The van der Waals surface area contributed by atoms with Crippen LogP contribution >= 0.6 is 0 Å². The van der Waals surface area contributed by atoms with Gasteiger partial charge in [0.2, 0.25) is 0 Å². The Bertz CT molecular complexity index is 118. The van der Waals surface area contributed by atoms with Crippen molar-refractivity contribution >= 4 is 0 Å². The molecule has 110 valence electrons. The molecule has 18 heavy (non-hydrogen) atoms. The first-order valence-corrected chi connectivity index (χ1v) is 8.56. The summed E-state index contributed by atoms with van der Waals surface area (Å²) in [5.74, 6) is 0. The van der Waals surface area contributed by atoms with Gasteiger partial charge in [0.25, 0.3) is 0 Å². The van der Waals surface area contributed by atoms with Crippen LogP contribution in [0.4, 0.5) is 0 Å². The van der Waals surface area contributed by atoms with E-state index in [9.17, 15) is 0 Å². The summed E-state index contributed by atoms with van der Waals surface area (Å²) in [6.45, 7) is 3.48. The number of hydrogen-bond donors (Lipinski definition) is 1. The van der Waals surface area contributed by atoms with Gasteiger partial charge in [0, 0.05) is 0 Å². The predicted molar refractivity (Wildman–Crippen MR) is 84.2 cm³/mol. The van der Waals surface area contributed by atoms with E-state index in [0.717, 1.165) is 0 Å². The van der Waals surface area contributed by atoms with Crippen molar-refractivity contribution in [2.24, 2.45) is 0 Å². The average molecular weight is 255 g/mol. The lowest BCUT2D eigenvalue weighted by atomic mass is 10.0. The fourth-order valence-corrected chi connectivity index (χ4v) is 2.50. The quantitative estimate of drug-likeness (QED) is 0.371. The molecular formula is C17H37N. The first kappa shape index (κ1) is 18.0. The molecule has 0 heterocycles. The predicted octanol–water partition coefficient (Wildman–Crippen LogP) is 5.69. The van der Waals surface area contributed by atoms with Crippen LogP contribution in [-0.2, 0) is 0 Å². The molecule has 1 heteroatoms. The second kappa shape index (κ2) is 17.0. The first-order chi connectivity index (χ1) is 8.91. The summed E-state index contributed by atoms with van der Waals surface area (Å²) >= 11 is 0. The molecule has 0 aliphatic rings. The van der Waals surface area contributed by atoms with Gasteiger partial charge >= 0.3 is 0 Å². The smallest absolute Gasteiger partial charge is 0.00519 e. The summed E-state index contributed by atoms with van der Waals surface area (Å²) in [7, 11) is 2.04. The fraction of sp³-hybridized carbons (Fsp3) is 1.00. The van der Waals surface area contributed by atoms with Gasteiger partial charge in [-0.25, -0.2) is 0 Å². The highest BCUT2D eigenvalue weighted by Crippen LogP contribution is 2.12. The third-order valence-corrected chi connectivity index (χ3v) is 3.78. The molecule has 0 aliphatic heterocycles. The molecule has 0 rings (SSSR count). The highest BCUT2D eigenvalue weighted by atomic mass is 14.8. The Morgan fingerprint density at radius 1 is 0.500 bits per heavy atom. The molecule has 0 aliphatic carbocycles. The Morgan fingerprint density at radius 3 is 1.17 bits per heavy atom. The summed E-state index contributed by atoms with van der Waals surface area (Å²) < 4.78 is 0. The van der Waals surface area contributed by atoms with Crippen LogP contribution in [0, 0.1) is 0 Å². The minimum atomic E-state index is 1.19. The van der Waals surface area contributed by atoms with Crippen molar-refractivity contribution < 1.29 is 0 Å². The molecule has 0 bridgehead atoms. The van der Waals surface area contributed by atoms with E-state index >= 15 is 0 Å². The van der Waals surface area contributed by atoms with E-state index in [2.05, 4.69) is 12.2 Å². The SMILES string of the molecule is CCCCCCCCCCCCCCCCNC. The molecule has 0 saturated carbocycles. The minimum absolute atomic E-state index is 1.19. The van der Waals surface area contributed by atoms with Crippen LogP contribution in [0.15, 0.2) is 0 Å². The maximum absolute atomic E-state index is 3.21. The van der Waals surface area contributed by atoms with Crippen molar-refractivity contribution in [1.29, 1.82) is 0 Å². The van der Waals surface area contributed by atoms with Crippen LogP contribution in [0.2, 0.25) is 0 Å². The largest absolute Gasteiger partial charge is 0.320 e. The zero-order valence-corrected chi connectivity index (χ0v) is 13.1. The maximum atomic E-state index is 3.21. The molecule has 0 aromatic carbocycles. The normalized spacial score (nSPS) is 11.0. The lowest BCUT2D eigenvalue weighted by Gasteiger charge is -2.03. The van der Waals surface area contributed by atoms with Crippen LogP contribution in [0.1, 0.15) is 96.8 Å². The Morgan fingerprint density at radius 2 is 0.833 bits per heavy atom. The van der Waals surface area contributed by atoms with Crippen molar-refractivity contribution in [2.45, 2.75) is 96.8 Å². The van der Waals surface area contributed by atoms with Gasteiger partial charge in [-0.05, 0) is 20.0 Å². The van der Waals surface area contributed by atoms with Crippen LogP contribution in [-0.4, -0.2) is 13.6 Å². The van der Waals surface area contributed by atoms with Crippen LogP contribution in [0.5, 0.6) is 0 Å². The van der Waals surface area contributed by atoms with Crippen LogP contribution in [0.3, 0.4) is 0 Å². The van der Waals surface area contributed by atoms with Crippen molar-refractivity contribution in [3.05, 3.63) is 0 Å². The summed E-state index contributed by atoms with van der Waals surface area (Å²) in [4.78, 5) is 0. The van der Waals surface area contributed by atoms with E-state index in [-0.39, 0.29) is 0 Å². The summed E-state index contributed by atoms with van der Waals surface area (Å²) in [6.07, 6.45) is 20.3. The number of hydrogen-bond acceptors (Lipinski definition) is 1. The van der Waals surface area contributed by atoms with E-state index in [4.69, 9.17) is 0 Å². The average Bonchev–Trinajstić information content (AvgIpc) is 2.39. The number of unbranched alkanes of at least 4 members (excludes halogenated alkanes) is 13. The molecule has 0 unspecified atom stereocenters. The fourth-order valence-electron chi connectivity index (χ4n) is 2.50. The van der Waals surface area contributed by atoms with E-state index in [1.54, 1.807) is 0 Å². The van der Waals surface area contributed by atoms with Crippen molar-refractivity contribution in [1.82, 2.24) is 5.32 Å². The molecule has 0 saturated heterocycles. The second-order valence-corrected chi connectivity index (χ2v) is 5.70. The van der Waals surface area contributed by atoms with E-state index in [1.807, 2.05) is 7.05 Å². The van der Waals surface area contributed by atoms with E-state index < -0.39 is 0 Å². The molecular weight excluding hydrogens is 218 g/mol. The van der Waals surface area contributed by atoms with Gasteiger partial charge < -0.3 is 5.32 Å². The van der Waals surface area contributed by atoms with Crippen molar-refractivity contribution in [2.75, 3.05) is 13.6 Å². The third-order valence-electron chi connectivity index (χ3n) is 3.78. The Labute approximate surface area is 116 Å². The van der Waals surface area contributed by atoms with Gasteiger partial charge in [0.05, 0.1) is 0 Å². The van der Waals surface area contributed by atoms with Gasteiger partial charge in [-0.2, -0.15) is 0 Å². The number of rotatable bonds is 15. The zero-order chi connectivity index (χ0) is 13.3. The Balaban J connectivity index is 2.86. The first-order valence-electron chi connectivity index (χ1n) is 8.56. The summed E-state index contributed by atoms with van der Waals surface area (Å²) in [5.41, 5.74) is 0. The van der Waals surface area contributed by atoms with Crippen LogP contribution < -0.4 is 5.32 Å². The van der Waals surface area contributed by atoms with Crippen molar-refractivity contribution in [3.8, 4) is 0 Å². The molecule has 0 aromatic rings. The molecule has 0 spiro atoms. The molecule has 0 fully saturated rings.